The molecule has 162 valence electrons. The van der Waals surface area contributed by atoms with Gasteiger partial charge in [0.2, 0.25) is 11.8 Å². The number of carbonyl (C=O) groups is 2. The summed E-state index contributed by atoms with van der Waals surface area (Å²) in [4.78, 5) is 29.8. The van der Waals surface area contributed by atoms with E-state index in [1.165, 1.54) is 29.7 Å². The quantitative estimate of drug-likeness (QED) is 0.775. The summed E-state index contributed by atoms with van der Waals surface area (Å²) in [6.07, 6.45) is 7.14. The van der Waals surface area contributed by atoms with Gasteiger partial charge in [-0.3, -0.25) is 9.59 Å². The molecule has 1 saturated heterocycles. The van der Waals surface area contributed by atoms with Crippen LogP contribution in [0.15, 0.2) is 30.3 Å². The van der Waals surface area contributed by atoms with Crippen molar-refractivity contribution < 1.29 is 14.5 Å². The van der Waals surface area contributed by atoms with E-state index in [-0.39, 0.29) is 17.2 Å². The van der Waals surface area contributed by atoms with Crippen molar-refractivity contribution >= 4 is 11.8 Å². The largest absolute Gasteiger partial charge is 0.344 e. The smallest absolute Gasteiger partial charge is 0.245 e. The number of carbonyl (C=O) groups excluding carboxylic acids is 2. The molecule has 1 aromatic rings. The highest BCUT2D eigenvalue weighted by Gasteiger charge is 2.54. The standard InChI is InChI=1S/C25H35N3O2/c1-18(26-24(30)25-14-20-11-21(15-25)13-22(12-20)16-25)23(29)28-9-7-27(8-10-28)17-19-5-3-2-4-6-19/h2-6,18,20-22H,7-17H2,1H3,(H,26,30)/p+1/t18-,20?,21?,22?,25?/m0/s1. The van der Waals surface area contributed by atoms with Gasteiger partial charge in [-0.05, 0) is 63.2 Å². The number of quaternary nitrogens is 1. The molecular formula is C25H36N3O2+. The van der Waals surface area contributed by atoms with Crippen molar-refractivity contribution in [1.29, 1.82) is 0 Å². The monoisotopic (exact) mass is 410 g/mol. The van der Waals surface area contributed by atoms with Crippen molar-refractivity contribution in [1.82, 2.24) is 10.2 Å². The molecule has 1 aromatic carbocycles. The first-order valence-electron chi connectivity index (χ1n) is 12.0. The first-order valence-corrected chi connectivity index (χ1v) is 12.0. The highest BCUT2D eigenvalue weighted by molar-refractivity contribution is 5.90. The van der Waals surface area contributed by atoms with Crippen LogP contribution in [0, 0.1) is 23.2 Å². The van der Waals surface area contributed by atoms with Gasteiger partial charge in [0.1, 0.15) is 12.6 Å². The summed E-state index contributed by atoms with van der Waals surface area (Å²) in [5.74, 6) is 2.48. The molecule has 0 unspecified atom stereocenters. The molecule has 6 rings (SSSR count). The molecule has 4 saturated carbocycles. The zero-order chi connectivity index (χ0) is 20.7. The van der Waals surface area contributed by atoms with E-state index in [2.05, 4.69) is 35.6 Å². The summed E-state index contributed by atoms with van der Waals surface area (Å²) >= 11 is 0. The molecule has 5 heteroatoms. The van der Waals surface area contributed by atoms with E-state index in [4.69, 9.17) is 0 Å². The number of amides is 2. The van der Waals surface area contributed by atoms with E-state index >= 15 is 0 Å². The first kappa shape index (κ1) is 20.0. The average molecular weight is 411 g/mol. The van der Waals surface area contributed by atoms with Crippen LogP contribution in [0.4, 0.5) is 0 Å². The number of piperazine rings is 1. The molecule has 1 heterocycles. The molecule has 4 aliphatic carbocycles. The van der Waals surface area contributed by atoms with Crippen molar-refractivity contribution in [3.05, 3.63) is 35.9 Å². The molecule has 5 fully saturated rings. The Morgan fingerprint density at radius 1 is 1.03 bits per heavy atom. The third-order valence-corrected chi connectivity index (χ3v) is 8.32. The van der Waals surface area contributed by atoms with Crippen LogP contribution in [0.2, 0.25) is 0 Å². The van der Waals surface area contributed by atoms with E-state index in [9.17, 15) is 9.59 Å². The highest BCUT2D eigenvalue weighted by Crippen LogP contribution is 2.60. The summed E-state index contributed by atoms with van der Waals surface area (Å²) in [6, 6.07) is 10.2. The van der Waals surface area contributed by atoms with E-state index in [0.29, 0.717) is 0 Å². The molecule has 4 bridgehead atoms. The molecule has 5 nitrogen and oxygen atoms in total. The maximum absolute atomic E-state index is 13.3. The summed E-state index contributed by atoms with van der Waals surface area (Å²) in [5, 5.41) is 3.15. The Bertz CT molecular complexity index is 750. The molecule has 1 aliphatic heterocycles. The topological polar surface area (TPSA) is 53.9 Å². The fraction of sp³-hybridized carbons (Fsp3) is 0.680. The van der Waals surface area contributed by atoms with Gasteiger partial charge in [-0.2, -0.15) is 0 Å². The van der Waals surface area contributed by atoms with E-state index in [0.717, 1.165) is 69.7 Å². The minimum atomic E-state index is -0.416. The Hall–Kier alpha value is -1.88. The fourth-order valence-electron chi connectivity index (χ4n) is 7.18. The normalized spacial score (nSPS) is 34.0. The number of nitrogens with zero attached hydrogens (tertiary/aromatic N) is 1. The molecule has 0 radical (unpaired) electrons. The average Bonchev–Trinajstić information content (AvgIpc) is 2.73. The Kier molecular flexibility index (Phi) is 5.34. The SMILES string of the molecule is C[C@H](NC(=O)C12CC3CC(CC(C3)C1)C2)C(=O)N1CC[NH+](Cc2ccccc2)CC1. The van der Waals surface area contributed by atoms with Gasteiger partial charge in [0.15, 0.2) is 0 Å². The van der Waals surface area contributed by atoms with Gasteiger partial charge in [-0.1, -0.05) is 30.3 Å². The zero-order valence-electron chi connectivity index (χ0n) is 18.2. The van der Waals surface area contributed by atoms with Crippen molar-refractivity contribution in [3.8, 4) is 0 Å². The van der Waals surface area contributed by atoms with Crippen molar-refractivity contribution in [2.75, 3.05) is 26.2 Å². The van der Waals surface area contributed by atoms with Gasteiger partial charge < -0.3 is 15.1 Å². The minimum Gasteiger partial charge on any atom is -0.344 e. The molecule has 1 atom stereocenters. The predicted octanol–water partition coefficient (Wildman–Crippen LogP) is 1.63. The van der Waals surface area contributed by atoms with E-state index in [1.54, 1.807) is 0 Å². The number of hydrogen-bond donors (Lipinski definition) is 2. The third-order valence-electron chi connectivity index (χ3n) is 8.32. The molecule has 0 aromatic heterocycles. The van der Waals surface area contributed by atoms with Crippen LogP contribution >= 0.6 is 0 Å². The molecule has 2 amide bonds. The lowest BCUT2D eigenvalue weighted by Gasteiger charge is -2.55. The molecule has 2 N–H and O–H groups in total. The Balaban J connectivity index is 1.13. The Labute approximate surface area is 180 Å². The fourth-order valence-corrected chi connectivity index (χ4v) is 7.18. The molecule has 5 aliphatic rings. The summed E-state index contributed by atoms with van der Waals surface area (Å²) in [5.41, 5.74) is 1.17. The Morgan fingerprint density at radius 3 is 2.17 bits per heavy atom. The maximum atomic E-state index is 13.3. The van der Waals surface area contributed by atoms with E-state index < -0.39 is 6.04 Å². The number of rotatable bonds is 5. The van der Waals surface area contributed by atoms with Gasteiger partial charge in [-0.25, -0.2) is 0 Å². The number of benzene rings is 1. The second-order valence-corrected chi connectivity index (χ2v) is 10.6. The van der Waals surface area contributed by atoms with Gasteiger partial charge in [0, 0.05) is 11.0 Å². The maximum Gasteiger partial charge on any atom is 0.245 e. The summed E-state index contributed by atoms with van der Waals surface area (Å²) in [7, 11) is 0. The van der Waals surface area contributed by atoms with Crippen molar-refractivity contribution in [2.45, 2.75) is 58.0 Å². The number of hydrogen-bond acceptors (Lipinski definition) is 2. The highest BCUT2D eigenvalue weighted by atomic mass is 16.2. The first-order chi connectivity index (χ1) is 14.5. The lowest BCUT2D eigenvalue weighted by atomic mass is 9.49. The van der Waals surface area contributed by atoms with Gasteiger partial charge in [-0.15, -0.1) is 0 Å². The van der Waals surface area contributed by atoms with Gasteiger partial charge in [0.25, 0.3) is 0 Å². The van der Waals surface area contributed by atoms with Gasteiger partial charge >= 0.3 is 0 Å². The van der Waals surface area contributed by atoms with Crippen LogP contribution in [0.3, 0.4) is 0 Å². The van der Waals surface area contributed by atoms with Crippen LogP contribution in [-0.4, -0.2) is 48.9 Å². The van der Waals surface area contributed by atoms with Crippen LogP contribution < -0.4 is 10.2 Å². The minimum absolute atomic E-state index is 0.0897. The van der Waals surface area contributed by atoms with Crippen LogP contribution in [0.5, 0.6) is 0 Å². The van der Waals surface area contributed by atoms with Crippen LogP contribution in [0.25, 0.3) is 0 Å². The van der Waals surface area contributed by atoms with E-state index in [1.807, 2.05) is 11.8 Å². The zero-order valence-corrected chi connectivity index (χ0v) is 18.2. The predicted molar refractivity (Wildman–Crippen MR) is 116 cm³/mol. The van der Waals surface area contributed by atoms with Crippen molar-refractivity contribution in [3.63, 3.8) is 0 Å². The molecule has 30 heavy (non-hydrogen) atoms. The lowest BCUT2D eigenvalue weighted by molar-refractivity contribution is -0.917. The Morgan fingerprint density at radius 2 is 1.60 bits per heavy atom. The van der Waals surface area contributed by atoms with Crippen molar-refractivity contribution in [2.24, 2.45) is 23.2 Å². The van der Waals surface area contributed by atoms with Crippen LogP contribution in [0.1, 0.15) is 51.0 Å². The summed E-state index contributed by atoms with van der Waals surface area (Å²) in [6.45, 7) is 6.38. The molecule has 0 spiro atoms. The lowest BCUT2D eigenvalue weighted by Crippen LogP contribution is -3.13. The third kappa shape index (κ3) is 3.89. The second kappa shape index (κ2) is 7.99. The number of nitrogens with one attached hydrogen (secondary N) is 2. The second-order valence-electron chi connectivity index (χ2n) is 10.6. The summed E-state index contributed by atoms with van der Waals surface area (Å²) < 4.78 is 0. The van der Waals surface area contributed by atoms with Crippen LogP contribution in [-0.2, 0) is 16.1 Å². The van der Waals surface area contributed by atoms with Gasteiger partial charge in [0.05, 0.1) is 26.2 Å². The molecular weight excluding hydrogens is 374 g/mol.